The SMILES string of the molecule is O=C(NCc1ccc(-n2cccn2)cc1)c1cc([N+](=O)[O-])ccc1Cl. The first-order valence-electron chi connectivity index (χ1n) is 7.36. The second kappa shape index (κ2) is 7.14. The fraction of sp³-hybridized carbons (Fsp3) is 0.0588. The maximum Gasteiger partial charge on any atom is 0.270 e. The Morgan fingerprint density at radius 2 is 2.00 bits per heavy atom. The number of benzene rings is 2. The number of halogens is 1. The molecule has 8 heteroatoms. The lowest BCUT2D eigenvalue weighted by atomic mass is 10.1. The van der Waals surface area contributed by atoms with Crippen molar-refractivity contribution < 1.29 is 9.72 Å². The standard InChI is InChI=1S/C17H13ClN4O3/c18-16-7-6-14(22(24)25)10-15(16)17(23)19-11-12-2-4-13(5-3-12)21-9-1-8-20-21/h1-10H,11H2,(H,19,23). The van der Waals surface area contributed by atoms with E-state index in [0.717, 1.165) is 11.3 Å². The van der Waals surface area contributed by atoms with Gasteiger partial charge in [0.25, 0.3) is 11.6 Å². The fourth-order valence-corrected chi connectivity index (χ4v) is 2.47. The van der Waals surface area contributed by atoms with Crippen LogP contribution in [0, 0.1) is 10.1 Å². The molecule has 0 atom stereocenters. The van der Waals surface area contributed by atoms with Gasteiger partial charge in [0.05, 0.1) is 21.2 Å². The molecule has 0 aliphatic carbocycles. The van der Waals surface area contributed by atoms with Crippen LogP contribution in [0.5, 0.6) is 0 Å². The van der Waals surface area contributed by atoms with E-state index in [-0.39, 0.29) is 22.8 Å². The van der Waals surface area contributed by atoms with Gasteiger partial charge in [-0.1, -0.05) is 23.7 Å². The number of nitrogens with one attached hydrogen (secondary N) is 1. The molecular weight excluding hydrogens is 344 g/mol. The minimum atomic E-state index is -0.568. The number of nitrogens with zero attached hydrogens (tertiary/aromatic N) is 3. The van der Waals surface area contributed by atoms with Crippen molar-refractivity contribution in [1.82, 2.24) is 15.1 Å². The summed E-state index contributed by atoms with van der Waals surface area (Å²) in [5.74, 6) is -0.468. The van der Waals surface area contributed by atoms with E-state index in [1.165, 1.54) is 18.2 Å². The van der Waals surface area contributed by atoms with Crippen molar-refractivity contribution in [3.63, 3.8) is 0 Å². The van der Waals surface area contributed by atoms with Gasteiger partial charge in [-0.25, -0.2) is 4.68 Å². The molecule has 0 fully saturated rings. The highest BCUT2D eigenvalue weighted by Crippen LogP contribution is 2.22. The smallest absolute Gasteiger partial charge is 0.270 e. The Kier molecular flexibility index (Phi) is 4.76. The minimum Gasteiger partial charge on any atom is -0.348 e. The summed E-state index contributed by atoms with van der Waals surface area (Å²) in [5, 5.41) is 17.8. The number of aromatic nitrogens is 2. The Balaban J connectivity index is 1.68. The molecular formula is C17H13ClN4O3. The first kappa shape index (κ1) is 16.7. The van der Waals surface area contributed by atoms with Crippen LogP contribution in [0.2, 0.25) is 5.02 Å². The number of carbonyl (C=O) groups excluding carboxylic acids is 1. The minimum absolute atomic E-state index is 0.0732. The predicted molar refractivity (Wildman–Crippen MR) is 92.8 cm³/mol. The molecule has 0 bridgehead atoms. The van der Waals surface area contributed by atoms with Gasteiger partial charge in [0.15, 0.2) is 0 Å². The first-order valence-corrected chi connectivity index (χ1v) is 7.73. The molecule has 0 radical (unpaired) electrons. The average molecular weight is 357 g/mol. The van der Waals surface area contributed by atoms with E-state index in [1.807, 2.05) is 36.5 Å². The van der Waals surface area contributed by atoms with Crippen LogP contribution >= 0.6 is 11.6 Å². The molecule has 1 aromatic heterocycles. The molecule has 0 spiro atoms. The molecule has 2 aromatic carbocycles. The van der Waals surface area contributed by atoms with Crippen LogP contribution in [0.15, 0.2) is 60.9 Å². The van der Waals surface area contributed by atoms with Crippen LogP contribution < -0.4 is 5.32 Å². The lowest BCUT2D eigenvalue weighted by Gasteiger charge is -2.08. The zero-order valence-corrected chi connectivity index (χ0v) is 13.7. The number of hydrogen-bond donors (Lipinski definition) is 1. The summed E-state index contributed by atoms with van der Waals surface area (Å²) in [6, 6.07) is 13.1. The van der Waals surface area contributed by atoms with Gasteiger partial charge >= 0.3 is 0 Å². The van der Waals surface area contributed by atoms with Crippen LogP contribution in [0.4, 0.5) is 5.69 Å². The van der Waals surface area contributed by atoms with Crippen LogP contribution in [0.3, 0.4) is 0 Å². The number of rotatable bonds is 5. The van der Waals surface area contributed by atoms with Crippen LogP contribution in [-0.2, 0) is 6.54 Å². The lowest BCUT2D eigenvalue weighted by molar-refractivity contribution is -0.384. The molecule has 1 amide bonds. The van der Waals surface area contributed by atoms with E-state index in [2.05, 4.69) is 10.4 Å². The Hall–Kier alpha value is -3.19. The molecule has 1 N–H and O–H groups in total. The van der Waals surface area contributed by atoms with Crippen LogP contribution in [0.25, 0.3) is 5.69 Å². The highest BCUT2D eigenvalue weighted by molar-refractivity contribution is 6.33. The molecule has 0 saturated heterocycles. The lowest BCUT2D eigenvalue weighted by Crippen LogP contribution is -2.23. The number of nitro groups is 1. The van der Waals surface area contributed by atoms with Gasteiger partial charge in [0.1, 0.15) is 0 Å². The molecule has 3 aromatic rings. The van der Waals surface area contributed by atoms with Crippen molar-refractivity contribution in [2.45, 2.75) is 6.54 Å². The van der Waals surface area contributed by atoms with Crippen LogP contribution in [-0.4, -0.2) is 20.6 Å². The van der Waals surface area contributed by atoms with Crippen molar-refractivity contribution in [2.75, 3.05) is 0 Å². The topological polar surface area (TPSA) is 90.1 Å². The van der Waals surface area contributed by atoms with E-state index in [4.69, 9.17) is 11.6 Å². The van der Waals surface area contributed by atoms with Crippen molar-refractivity contribution in [2.24, 2.45) is 0 Å². The van der Waals surface area contributed by atoms with E-state index in [1.54, 1.807) is 10.9 Å². The quantitative estimate of drug-likeness (QED) is 0.560. The molecule has 0 saturated carbocycles. The normalized spacial score (nSPS) is 10.4. The number of carbonyl (C=O) groups is 1. The zero-order valence-electron chi connectivity index (χ0n) is 12.9. The number of non-ortho nitro benzene ring substituents is 1. The van der Waals surface area contributed by atoms with E-state index >= 15 is 0 Å². The van der Waals surface area contributed by atoms with Crippen molar-refractivity contribution in [3.05, 3.63) is 87.2 Å². The van der Waals surface area contributed by atoms with Crippen molar-refractivity contribution in [1.29, 1.82) is 0 Å². The van der Waals surface area contributed by atoms with Gasteiger partial charge in [0.2, 0.25) is 0 Å². The molecule has 25 heavy (non-hydrogen) atoms. The molecule has 1 heterocycles. The monoisotopic (exact) mass is 356 g/mol. The molecule has 0 unspecified atom stereocenters. The van der Waals surface area contributed by atoms with Crippen molar-refractivity contribution in [3.8, 4) is 5.69 Å². The Labute approximate surface area is 148 Å². The molecule has 0 aliphatic rings. The fourth-order valence-electron chi connectivity index (χ4n) is 2.27. The van der Waals surface area contributed by atoms with E-state index in [9.17, 15) is 14.9 Å². The highest BCUT2D eigenvalue weighted by atomic mass is 35.5. The summed E-state index contributed by atoms with van der Waals surface area (Å²) in [6.07, 6.45) is 3.53. The summed E-state index contributed by atoms with van der Waals surface area (Å²) in [5.41, 5.74) is 1.68. The third-order valence-electron chi connectivity index (χ3n) is 3.56. The third kappa shape index (κ3) is 3.84. The van der Waals surface area contributed by atoms with Gasteiger partial charge in [-0.05, 0) is 29.8 Å². The summed E-state index contributed by atoms with van der Waals surface area (Å²) >= 11 is 5.96. The van der Waals surface area contributed by atoms with E-state index in [0.29, 0.717) is 0 Å². The Morgan fingerprint density at radius 1 is 1.24 bits per heavy atom. The second-order valence-electron chi connectivity index (χ2n) is 5.22. The first-order chi connectivity index (χ1) is 12.0. The van der Waals surface area contributed by atoms with Crippen LogP contribution in [0.1, 0.15) is 15.9 Å². The number of nitro benzene ring substituents is 1. The van der Waals surface area contributed by atoms with Crippen molar-refractivity contribution >= 4 is 23.2 Å². The number of amides is 1. The van der Waals surface area contributed by atoms with Gasteiger partial charge in [-0.3, -0.25) is 14.9 Å². The summed E-state index contributed by atoms with van der Waals surface area (Å²) < 4.78 is 1.73. The second-order valence-corrected chi connectivity index (χ2v) is 5.63. The average Bonchev–Trinajstić information content (AvgIpc) is 3.15. The Morgan fingerprint density at radius 3 is 2.64 bits per heavy atom. The maximum atomic E-state index is 12.2. The Bertz CT molecular complexity index is 908. The third-order valence-corrected chi connectivity index (χ3v) is 3.89. The summed E-state index contributed by atoms with van der Waals surface area (Å²) in [7, 11) is 0. The highest BCUT2D eigenvalue weighted by Gasteiger charge is 2.15. The van der Waals surface area contributed by atoms with Gasteiger partial charge in [0, 0.05) is 31.1 Å². The molecule has 3 rings (SSSR count). The molecule has 126 valence electrons. The molecule has 0 aliphatic heterocycles. The predicted octanol–water partition coefficient (Wildman–Crippen LogP) is 3.36. The molecule has 7 nitrogen and oxygen atoms in total. The van der Waals surface area contributed by atoms with Gasteiger partial charge in [-0.15, -0.1) is 0 Å². The van der Waals surface area contributed by atoms with E-state index < -0.39 is 10.8 Å². The zero-order chi connectivity index (χ0) is 17.8. The van der Waals surface area contributed by atoms with Gasteiger partial charge < -0.3 is 5.32 Å². The maximum absolute atomic E-state index is 12.2. The largest absolute Gasteiger partial charge is 0.348 e. The van der Waals surface area contributed by atoms with Gasteiger partial charge in [-0.2, -0.15) is 5.10 Å². The summed E-state index contributed by atoms with van der Waals surface area (Å²) in [4.78, 5) is 22.5. The summed E-state index contributed by atoms with van der Waals surface area (Å²) in [6.45, 7) is 0.275. The number of hydrogen-bond acceptors (Lipinski definition) is 4.